The van der Waals surface area contributed by atoms with Gasteiger partial charge in [0.15, 0.2) is 0 Å². The molecule has 2 aromatic rings. The molecule has 94 valence electrons. The summed E-state index contributed by atoms with van der Waals surface area (Å²) < 4.78 is 0. The second-order valence-electron chi connectivity index (χ2n) is 4.38. The van der Waals surface area contributed by atoms with E-state index in [2.05, 4.69) is 19.9 Å². The number of anilines is 1. The first-order valence-electron chi connectivity index (χ1n) is 5.94. The summed E-state index contributed by atoms with van der Waals surface area (Å²) in [5.74, 6) is 0.795. The molecule has 1 aliphatic rings. The molecule has 1 N–H and O–H groups in total. The number of rotatable bonds is 2. The van der Waals surface area contributed by atoms with Crippen LogP contribution in [-0.4, -0.2) is 39.3 Å². The van der Waals surface area contributed by atoms with Gasteiger partial charge in [-0.3, -0.25) is 4.98 Å². The van der Waals surface area contributed by atoms with E-state index in [-0.39, 0.29) is 17.9 Å². The molecule has 1 saturated heterocycles. The van der Waals surface area contributed by atoms with Crippen LogP contribution in [0.4, 0.5) is 5.82 Å². The molecule has 3 heterocycles. The van der Waals surface area contributed by atoms with Gasteiger partial charge in [-0.25, -0.2) is 4.98 Å². The zero-order valence-electron chi connectivity index (χ0n) is 9.75. The topological polar surface area (TPSA) is 62.1 Å². The molecule has 5 nitrogen and oxygen atoms in total. The molecule has 0 aliphatic carbocycles. The van der Waals surface area contributed by atoms with Crippen molar-refractivity contribution in [3.05, 3.63) is 23.7 Å². The monoisotopic (exact) mass is 264 g/mol. The summed E-state index contributed by atoms with van der Waals surface area (Å²) in [6, 6.07) is 2.00. The maximum atomic E-state index is 9.41. The van der Waals surface area contributed by atoms with Crippen molar-refractivity contribution in [1.29, 1.82) is 0 Å². The summed E-state index contributed by atoms with van der Waals surface area (Å²) in [4.78, 5) is 14.6. The number of fused-ring (bicyclic) bond motifs is 1. The average molecular weight is 265 g/mol. The largest absolute Gasteiger partial charge is 0.394 e. The number of pyridine rings is 1. The normalized spacial score (nSPS) is 19.7. The van der Waals surface area contributed by atoms with Crippen molar-refractivity contribution in [3.63, 3.8) is 0 Å². The second-order valence-corrected chi connectivity index (χ2v) is 4.72. The Hall–Kier alpha value is -1.46. The van der Waals surface area contributed by atoms with E-state index in [0.29, 0.717) is 0 Å². The fourth-order valence-electron chi connectivity index (χ4n) is 2.46. The van der Waals surface area contributed by atoms with Crippen LogP contribution in [0.3, 0.4) is 0 Å². The minimum absolute atomic E-state index is 0.118. The number of aliphatic hydroxyl groups excluding tert-OH is 1. The Morgan fingerprint density at radius 1 is 1.44 bits per heavy atom. The lowest BCUT2D eigenvalue weighted by Crippen LogP contribution is -2.33. The fraction of sp³-hybridized carbons (Fsp3) is 0.417. The minimum Gasteiger partial charge on any atom is -0.394 e. The molecule has 1 atom stereocenters. The summed E-state index contributed by atoms with van der Waals surface area (Å²) in [5, 5.41) is 10.6. The molecule has 1 fully saturated rings. The van der Waals surface area contributed by atoms with Crippen molar-refractivity contribution in [3.8, 4) is 0 Å². The van der Waals surface area contributed by atoms with Gasteiger partial charge in [0.1, 0.15) is 5.82 Å². The molecular formula is C12H13ClN4O. The summed E-state index contributed by atoms with van der Waals surface area (Å²) in [7, 11) is 0. The lowest BCUT2D eigenvalue weighted by molar-refractivity contribution is 0.266. The molecular weight excluding hydrogens is 252 g/mol. The molecule has 1 aliphatic heterocycles. The Balaban J connectivity index is 2.15. The minimum atomic E-state index is 0.118. The van der Waals surface area contributed by atoms with Crippen molar-refractivity contribution in [2.24, 2.45) is 0 Å². The van der Waals surface area contributed by atoms with Crippen LogP contribution in [0.2, 0.25) is 5.28 Å². The maximum absolute atomic E-state index is 9.41. The van der Waals surface area contributed by atoms with Crippen LogP contribution >= 0.6 is 11.6 Å². The Bertz CT molecular complexity index is 577. The van der Waals surface area contributed by atoms with E-state index in [1.54, 1.807) is 12.4 Å². The zero-order chi connectivity index (χ0) is 12.5. The lowest BCUT2D eigenvalue weighted by atomic mass is 10.2. The maximum Gasteiger partial charge on any atom is 0.224 e. The van der Waals surface area contributed by atoms with Crippen molar-refractivity contribution < 1.29 is 5.11 Å². The third kappa shape index (κ3) is 1.89. The Morgan fingerprint density at radius 3 is 3.17 bits per heavy atom. The van der Waals surface area contributed by atoms with Crippen LogP contribution in [0.5, 0.6) is 0 Å². The smallest absolute Gasteiger partial charge is 0.224 e. The first kappa shape index (κ1) is 11.6. The quantitative estimate of drug-likeness (QED) is 0.836. The predicted octanol–water partition coefficient (Wildman–Crippen LogP) is 1.64. The lowest BCUT2D eigenvalue weighted by Gasteiger charge is -2.25. The Morgan fingerprint density at radius 2 is 2.33 bits per heavy atom. The van der Waals surface area contributed by atoms with Gasteiger partial charge in [-0.2, -0.15) is 4.98 Å². The summed E-state index contributed by atoms with van der Waals surface area (Å²) in [5.41, 5.74) is 0.732. The van der Waals surface area contributed by atoms with Crippen LogP contribution in [0.25, 0.3) is 10.9 Å². The Labute approximate surface area is 109 Å². The van der Waals surface area contributed by atoms with E-state index in [1.165, 1.54) is 0 Å². The van der Waals surface area contributed by atoms with E-state index in [1.807, 2.05) is 6.07 Å². The summed E-state index contributed by atoms with van der Waals surface area (Å²) in [6.07, 6.45) is 5.42. The molecule has 6 heteroatoms. The van der Waals surface area contributed by atoms with E-state index < -0.39 is 0 Å². The van der Waals surface area contributed by atoms with E-state index in [0.717, 1.165) is 36.1 Å². The fourth-order valence-corrected chi connectivity index (χ4v) is 2.63. The third-order valence-electron chi connectivity index (χ3n) is 3.31. The van der Waals surface area contributed by atoms with Crippen molar-refractivity contribution in [2.45, 2.75) is 18.9 Å². The predicted molar refractivity (Wildman–Crippen MR) is 69.8 cm³/mol. The van der Waals surface area contributed by atoms with Gasteiger partial charge >= 0.3 is 0 Å². The average Bonchev–Trinajstić information content (AvgIpc) is 2.85. The van der Waals surface area contributed by atoms with Gasteiger partial charge in [-0.05, 0) is 30.5 Å². The first-order chi connectivity index (χ1) is 8.79. The number of aromatic nitrogens is 3. The molecule has 0 bridgehead atoms. The second kappa shape index (κ2) is 4.66. The van der Waals surface area contributed by atoms with Crippen molar-refractivity contribution >= 4 is 28.3 Å². The molecule has 18 heavy (non-hydrogen) atoms. The molecule has 2 aromatic heterocycles. The Kier molecular flexibility index (Phi) is 3.01. The van der Waals surface area contributed by atoms with Crippen LogP contribution in [-0.2, 0) is 0 Å². The first-order valence-corrected chi connectivity index (χ1v) is 6.32. The van der Waals surface area contributed by atoms with Gasteiger partial charge in [0.2, 0.25) is 5.28 Å². The number of nitrogens with zero attached hydrogens (tertiary/aromatic N) is 4. The number of aliphatic hydroxyl groups is 1. The standard InChI is InChI=1S/C12H13ClN4O/c13-12-15-10-6-14-4-3-9(10)11(16-12)17-5-1-2-8(17)7-18/h3-4,6,8,18H,1-2,5,7H2. The van der Waals surface area contributed by atoms with E-state index in [4.69, 9.17) is 11.6 Å². The number of halogens is 1. The molecule has 0 amide bonds. The highest BCUT2D eigenvalue weighted by Crippen LogP contribution is 2.30. The highest BCUT2D eigenvalue weighted by Gasteiger charge is 2.26. The molecule has 1 unspecified atom stereocenters. The summed E-state index contributed by atoms with van der Waals surface area (Å²) in [6.45, 7) is 1.02. The molecule has 3 rings (SSSR count). The molecule has 0 radical (unpaired) electrons. The van der Waals surface area contributed by atoms with Gasteiger partial charge in [-0.15, -0.1) is 0 Å². The van der Waals surface area contributed by atoms with E-state index >= 15 is 0 Å². The highest BCUT2D eigenvalue weighted by atomic mass is 35.5. The highest BCUT2D eigenvalue weighted by molar-refractivity contribution is 6.28. The number of hydrogen-bond acceptors (Lipinski definition) is 5. The molecule has 0 saturated carbocycles. The van der Waals surface area contributed by atoms with Crippen LogP contribution in [0.1, 0.15) is 12.8 Å². The zero-order valence-corrected chi connectivity index (χ0v) is 10.5. The van der Waals surface area contributed by atoms with Gasteiger partial charge in [0.25, 0.3) is 0 Å². The van der Waals surface area contributed by atoms with Crippen LogP contribution in [0.15, 0.2) is 18.5 Å². The molecule has 0 spiro atoms. The van der Waals surface area contributed by atoms with Gasteiger partial charge in [0.05, 0.1) is 24.4 Å². The van der Waals surface area contributed by atoms with Crippen LogP contribution < -0.4 is 4.90 Å². The SMILES string of the molecule is OCC1CCCN1c1nc(Cl)nc2cnccc12. The van der Waals surface area contributed by atoms with E-state index in [9.17, 15) is 5.11 Å². The van der Waals surface area contributed by atoms with Gasteiger partial charge in [0, 0.05) is 18.1 Å². The van der Waals surface area contributed by atoms with Crippen LogP contribution in [0, 0.1) is 0 Å². The number of hydrogen-bond donors (Lipinski definition) is 1. The van der Waals surface area contributed by atoms with Crippen molar-refractivity contribution in [2.75, 3.05) is 18.1 Å². The van der Waals surface area contributed by atoms with Crippen molar-refractivity contribution in [1.82, 2.24) is 15.0 Å². The van der Waals surface area contributed by atoms with Gasteiger partial charge in [-0.1, -0.05) is 0 Å². The van der Waals surface area contributed by atoms with Gasteiger partial charge < -0.3 is 10.0 Å². The molecule has 0 aromatic carbocycles. The summed E-state index contributed by atoms with van der Waals surface area (Å²) >= 11 is 5.95. The third-order valence-corrected chi connectivity index (χ3v) is 3.48.